The first-order valence-corrected chi connectivity index (χ1v) is 6.65. The highest BCUT2D eigenvalue weighted by molar-refractivity contribution is 5.68. The number of carbonyl (C=O) groups excluding carboxylic acids is 1. The number of likely N-dealkylation sites (tertiary alicyclic amines) is 1. The second-order valence-electron chi connectivity index (χ2n) is 4.92. The first-order chi connectivity index (χ1) is 22.1. The summed E-state index contributed by atoms with van der Waals surface area (Å²) in [7, 11) is 0. The largest absolute Gasteiger partial charge is 0.444 e. The summed E-state index contributed by atoms with van der Waals surface area (Å²) in [5.41, 5.74) is -9.12. The van der Waals surface area contributed by atoms with E-state index in [4.69, 9.17) is 35.6 Å². The molecule has 5 nitrogen and oxygen atoms in total. The molecule has 25 heavy (non-hydrogen) atoms. The molecule has 2 aromatic rings. The summed E-state index contributed by atoms with van der Waals surface area (Å²) in [6.07, 6.45) is -23.2. The SMILES string of the molecule is [2H]c1c(C([2H])([2H])[2H])c(C([2H])([2H])[2H])c([2H])n2c([2H])c(C([2H])([2H])[C@@]3([2H])N(C(=O)OC(C)(C([2H])([2H])[2H])C([2H])([2H])[2H])C([2H])([2H])C([2H])([2H])C([2H])([2H])C3([2H])[2H])nc12. The van der Waals surface area contributed by atoms with Crippen LogP contribution in [-0.4, -0.2) is 38.5 Å². The van der Waals surface area contributed by atoms with Crippen molar-refractivity contribution in [3.05, 3.63) is 35.2 Å². The van der Waals surface area contributed by atoms with E-state index in [0.29, 0.717) is 6.92 Å². The van der Waals surface area contributed by atoms with Crippen molar-refractivity contribution >= 4 is 11.7 Å². The smallest absolute Gasteiger partial charge is 0.410 e. The lowest BCUT2D eigenvalue weighted by atomic mass is 9.98. The third-order valence-electron chi connectivity index (χ3n) is 2.70. The van der Waals surface area contributed by atoms with Gasteiger partial charge in [0.1, 0.15) is 11.2 Å². The van der Waals surface area contributed by atoms with E-state index >= 15 is 0 Å². The molecule has 0 unspecified atom stereocenters. The first-order valence-electron chi connectivity index (χ1n) is 19.7. The minimum atomic E-state index is -4.65. The number of ether oxygens (including phenoxy) is 1. The van der Waals surface area contributed by atoms with Crippen LogP contribution in [0.4, 0.5) is 4.79 Å². The fourth-order valence-electron chi connectivity index (χ4n) is 1.75. The Morgan fingerprint density at radius 1 is 1.52 bits per heavy atom. The number of aromatic nitrogens is 2. The highest BCUT2D eigenvalue weighted by Gasteiger charge is 2.31. The van der Waals surface area contributed by atoms with Gasteiger partial charge in [-0.3, -0.25) is 0 Å². The van der Waals surface area contributed by atoms with E-state index in [1.54, 1.807) is 0 Å². The predicted molar refractivity (Wildman–Crippen MR) is 98.9 cm³/mol. The summed E-state index contributed by atoms with van der Waals surface area (Å²) >= 11 is 0. The third-order valence-corrected chi connectivity index (χ3v) is 2.70. The van der Waals surface area contributed by atoms with Gasteiger partial charge in [-0.05, 0) is 70.6 Å². The van der Waals surface area contributed by atoms with Crippen LogP contribution in [0.15, 0.2) is 18.4 Å². The Hall–Kier alpha value is -2.04. The van der Waals surface area contributed by atoms with Crippen molar-refractivity contribution in [1.29, 1.82) is 0 Å². The topological polar surface area (TPSA) is 46.8 Å². The van der Waals surface area contributed by atoms with Crippen molar-refractivity contribution in [2.24, 2.45) is 0 Å². The lowest BCUT2D eigenvalue weighted by Crippen LogP contribution is -2.47. The Bertz CT molecular complexity index is 1730. The number of carbonyl (C=O) groups is 1. The molecule has 1 fully saturated rings. The van der Waals surface area contributed by atoms with Crippen LogP contribution in [0.25, 0.3) is 5.65 Å². The lowest BCUT2D eigenvalue weighted by Gasteiger charge is -2.36. The van der Waals surface area contributed by atoms with Crippen molar-refractivity contribution < 1.29 is 45.2 Å². The lowest BCUT2D eigenvalue weighted by molar-refractivity contribution is 0.00986. The zero-order valence-electron chi connectivity index (χ0n) is 38.7. The van der Waals surface area contributed by atoms with Gasteiger partial charge in [0.05, 0.1) is 11.2 Å². The molecule has 1 aliphatic heterocycles. The van der Waals surface area contributed by atoms with Gasteiger partial charge in [-0.1, -0.05) is 0 Å². The normalized spacial score (nSPS) is 47.5. The van der Waals surface area contributed by atoms with Crippen LogP contribution < -0.4 is 0 Å². The molecule has 0 radical (unpaired) electrons. The number of rotatable bonds is 2. The van der Waals surface area contributed by atoms with Crippen LogP contribution >= 0.6 is 0 Å². The molecular formula is C20H29N3O2. The first kappa shape index (κ1) is 4.26. The second-order valence-corrected chi connectivity index (χ2v) is 4.92. The van der Waals surface area contributed by atoms with Crippen molar-refractivity contribution in [2.45, 2.75) is 71.4 Å². The van der Waals surface area contributed by atoms with Crippen molar-refractivity contribution in [3.8, 4) is 0 Å². The molecule has 2 aromatic heterocycles. The molecule has 0 bridgehead atoms. The molecule has 0 saturated carbocycles. The minimum absolute atomic E-state index is 0.0970. The van der Waals surface area contributed by atoms with E-state index in [2.05, 4.69) is 9.72 Å². The summed E-state index contributed by atoms with van der Waals surface area (Å²) < 4.78 is 217. The van der Waals surface area contributed by atoms with Crippen LogP contribution in [-0.2, 0) is 11.1 Å². The van der Waals surface area contributed by atoms with Crippen LogP contribution in [0.5, 0.6) is 0 Å². The van der Waals surface area contributed by atoms with Gasteiger partial charge in [-0.25, -0.2) is 9.78 Å². The molecule has 1 atom stereocenters. The monoisotopic (exact) mass is 369 g/mol. The molecule has 1 saturated heterocycles. The fraction of sp³-hybridized carbons (Fsp3) is 0.600. The fourth-order valence-corrected chi connectivity index (χ4v) is 1.75. The number of nitrogens with zero attached hydrogens (tertiary/aromatic N) is 3. The maximum absolute atomic E-state index is 13.8. The van der Waals surface area contributed by atoms with Crippen LogP contribution in [0.3, 0.4) is 0 Å². The Morgan fingerprint density at radius 3 is 3.12 bits per heavy atom. The van der Waals surface area contributed by atoms with E-state index in [1.165, 1.54) is 0 Å². The molecule has 0 aromatic carbocycles. The summed E-state index contributed by atoms with van der Waals surface area (Å²) in [6.45, 7) is -18.7. The van der Waals surface area contributed by atoms with Gasteiger partial charge in [-0.15, -0.1) is 0 Å². The van der Waals surface area contributed by atoms with E-state index in [1.807, 2.05) is 0 Å². The summed E-state index contributed by atoms with van der Waals surface area (Å²) in [4.78, 5) is 16.4. The standard InChI is InChI=1S/C20H29N3O2/c1-14-10-18-21-16(13-22(18)12-15(14)2)11-17-8-6-7-9-23(17)19(24)25-20(3,4)5/h10,12-13,17H,6-9,11H2,1-5H3/t17-/m0/s1/i1D3,2D3,3D3,4D3,6D2,7D2,8D2,9D2,10D,11D2,12D,13D,17D. The third kappa shape index (κ3) is 4.14. The Kier molecular flexibility index (Phi) is 1.14. The maximum atomic E-state index is 13.8. The van der Waals surface area contributed by atoms with Crippen molar-refractivity contribution in [2.75, 3.05) is 6.50 Å². The van der Waals surface area contributed by atoms with Crippen LogP contribution in [0, 0.1) is 13.7 Å². The highest BCUT2D eigenvalue weighted by Crippen LogP contribution is 2.23. The molecule has 1 amide bonds. The molecule has 136 valence electrons. The van der Waals surface area contributed by atoms with Crippen LogP contribution in [0.1, 0.15) is 92.2 Å². The van der Waals surface area contributed by atoms with Gasteiger partial charge < -0.3 is 14.0 Å². The number of fused-ring (bicyclic) bond motifs is 1. The number of hydrogen-bond donors (Lipinski definition) is 0. The average molecular weight is 370 g/mol. The number of pyridine rings is 1. The molecule has 0 spiro atoms. The predicted octanol–water partition coefficient (Wildman–Crippen LogP) is 4.28. The van der Waals surface area contributed by atoms with Crippen molar-refractivity contribution in [3.63, 3.8) is 0 Å². The second kappa shape index (κ2) is 6.70. The van der Waals surface area contributed by atoms with Gasteiger partial charge in [-0.2, -0.15) is 0 Å². The summed E-state index contributed by atoms with van der Waals surface area (Å²) in [6, 6.07) is -5.99. The number of piperidine rings is 1. The van der Waals surface area contributed by atoms with E-state index in [-0.39, 0.29) is 4.40 Å². The maximum Gasteiger partial charge on any atom is 0.410 e. The molecule has 3 heterocycles. The zero-order valence-corrected chi connectivity index (χ0v) is 12.7. The van der Waals surface area contributed by atoms with Gasteiger partial charge in [0, 0.05) is 61.4 Å². The van der Waals surface area contributed by atoms with E-state index in [0.717, 1.165) is 0 Å². The Labute approximate surface area is 186 Å². The minimum Gasteiger partial charge on any atom is -0.444 e. The quantitative estimate of drug-likeness (QED) is 0.793. The van der Waals surface area contributed by atoms with Gasteiger partial charge in [0.2, 0.25) is 0 Å². The molecule has 0 aliphatic carbocycles. The summed E-state index contributed by atoms with van der Waals surface area (Å²) in [5, 5.41) is 0. The number of hydrogen-bond acceptors (Lipinski definition) is 3. The zero-order chi connectivity index (χ0) is 40.7. The van der Waals surface area contributed by atoms with Gasteiger partial charge in [0.15, 0.2) is 0 Å². The van der Waals surface area contributed by atoms with E-state index < -0.39 is 123 Å². The Morgan fingerprint density at radius 2 is 2.36 bits per heavy atom. The molecule has 5 heteroatoms. The Balaban J connectivity index is 2.60. The molecular weight excluding hydrogens is 314 g/mol. The van der Waals surface area contributed by atoms with Crippen LogP contribution in [0.2, 0.25) is 0 Å². The van der Waals surface area contributed by atoms with Crippen molar-refractivity contribution in [1.82, 2.24) is 14.3 Å². The molecule has 3 rings (SSSR count). The molecule has 0 N–H and O–H groups in total. The number of imidazole rings is 1. The highest BCUT2D eigenvalue weighted by atomic mass is 16.6. The summed E-state index contributed by atoms with van der Waals surface area (Å²) in [5.74, 6) is 0. The van der Waals surface area contributed by atoms with E-state index in [9.17, 15) is 4.79 Å². The number of amides is 1. The molecule has 1 aliphatic rings. The average Bonchev–Trinajstić information content (AvgIpc) is 3.25. The van der Waals surface area contributed by atoms with Gasteiger partial charge in [0.25, 0.3) is 0 Å². The van der Waals surface area contributed by atoms with Gasteiger partial charge >= 0.3 is 6.09 Å².